The van der Waals surface area contributed by atoms with Gasteiger partial charge >= 0.3 is 0 Å². The lowest BCUT2D eigenvalue weighted by Crippen LogP contribution is -2.34. The van der Waals surface area contributed by atoms with E-state index in [1.54, 1.807) is 0 Å². The van der Waals surface area contributed by atoms with Gasteiger partial charge in [-0.15, -0.1) is 0 Å². The summed E-state index contributed by atoms with van der Waals surface area (Å²) < 4.78 is 11.8. The molecule has 0 saturated heterocycles. The second kappa shape index (κ2) is 8.31. The number of rotatable bonds is 9. The van der Waals surface area contributed by atoms with Crippen molar-refractivity contribution in [2.45, 2.75) is 53.1 Å². The predicted molar refractivity (Wildman–Crippen MR) is 85.2 cm³/mol. The molecule has 20 heavy (non-hydrogen) atoms. The number of para-hydroxylation sites is 1. The molecule has 1 rings (SSSR count). The number of hydrogen-bond donors (Lipinski definition) is 0. The Bertz CT molecular complexity index is 347. The van der Waals surface area contributed by atoms with E-state index in [1.807, 2.05) is 30.3 Å². The van der Waals surface area contributed by atoms with Gasteiger partial charge in [0.25, 0.3) is 0 Å². The second-order valence-electron chi connectivity index (χ2n) is 6.66. The Balaban J connectivity index is 2.38. The van der Waals surface area contributed by atoms with Gasteiger partial charge in [0.15, 0.2) is 0 Å². The van der Waals surface area contributed by atoms with E-state index in [0.717, 1.165) is 18.6 Å². The first-order valence-corrected chi connectivity index (χ1v) is 7.73. The quantitative estimate of drug-likeness (QED) is 0.596. The zero-order valence-electron chi connectivity index (χ0n) is 13.7. The van der Waals surface area contributed by atoms with Gasteiger partial charge in [0.1, 0.15) is 12.4 Å². The molecule has 0 heterocycles. The lowest BCUT2D eigenvalue weighted by molar-refractivity contribution is -0.0672. The van der Waals surface area contributed by atoms with Crippen molar-refractivity contribution < 1.29 is 9.47 Å². The van der Waals surface area contributed by atoms with Gasteiger partial charge < -0.3 is 9.47 Å². The van der Waals surface area contributed by atoms with Gasteiger partial charge in [0.05, 0.1) is 12.2 Å². The molecular formula is C18H30O2. The third kappa shape index (κ3) is 6.95. The highest BCUT2D eigenvalue weighted by atomic mass is 16.5. The van der Waals surface area contributed by atoms with Crippen LogP contribution in [0.15, 0.2) is 30.3 Å². The van der Waals surface area contributed by atoms with Gasteiger partial charge in [-0.1, -0.05) is 45.9 Å². The zero-order chi connectivity index (χ0) is 15.0. The first-order chi connectivity index (χ1) is 9.41. The molecule has 0 N–H and O–H groups in total. The van der Waals surface area contributed by atoms with Crippen LogP contribution in [0.2, 0.25) is 0 Å². The lowest BCUT2D eigenvalue weighted by atomic mass is 9.86. The van der Waals surface area contributed by atoms with Crippen molar-refractivity contribution >= 4 is 0 Å². The predicted octanol–water partition coefficient (Wildman–Crippen LogP) is 4.93. The average Bonchev–Trinajstić information content (AvgIpc) is 2.34. The van der Waals surface area contributed by atoms with Crippen LogP contribution in [0.1, 0.15) is 47.5 Å². The zero-order valence-corrected chi connectivity index (χ0v) is 13.7. The fourth-order valence-electron chi connectivity index (χ4n) is 2.89. The van der Waals surface area contributed by atoms with Crippen molar-refractivity contribution in [2.24, 2.45) is 11.8 Å². The SMILES string of the molecule is CC(C)CC(C)(CC(C)C)OCCOc1ccccc1. The first kappa shape index (κ1) is 17.0. The molecule has 0 aliphatic rings. The standard InChI is InChI=1S/C18H30O2/c1-15(2)13-18(5,14-16(3)4)20-12-11-19-17-9-7-6-8-10-17/h6-10,15-16H,11-14H2,1-5H3. The number of benzene rings is 1. The van der Waals surface area contributed by atoms with Gasteiger partial charge in [0, 0.05) is 0 Å². The van der Waals surface area contributed by atoms with E-state index in [-0.39, 0.29) is 5.60 Å². The Labute approximate surface area is 124 Å². The molecule has 0 atom stereocenters. The van der Waals surface area contributed by atoms with Crippen molar-refractivity contribution in [3.63, 3.8) is 0 Å². The minimum absolute atomic E-state index is 0.0393. The summed E-state index contributed by atoms with van der Waals surface area (Å²) in [5.74, 6) is 2.20. The van der Waals surface area contributed by atoms with Crippen molar-refractivity contribution in [3.8, 4) is 5.75 Å². The maximum atomic E-state index is 6.15. The van der Waals surface area contributed by atoms with E-state index in [9.17, 15) is 0 Å². The summed E-state index contributed by atoms with van der Waals surface area (Å²) in [6.07, 6.45) is 2.19. The summed E-state index contributed by atoms with van der Waals surface area (Å²) >= 11 is 0. The smallest absolute Gasteiger partial charge is 0.119 e. The molecule has 0 bridgehead atoms. The van der Waals surface area contributed by atoms with Crippen LogP contribution in [0.4, 0.5) is 0 Å². The molecule has 114 valence electrons. The molecule has 0 aliphatic heterocycles. The molecule has 0 aromatic heterocycles. The van der Waals surface area contributed by atoms with E-state index in [2.05, 4.69) is 34.6 Å². The maximum Gasteiger partial charge on any atom is 0.119 e. The van der Waals surface area contributed by atoms with E-state index in [4.69, 9.17) is 9.47 Å². The normalized spacial score (nSPS) is 12.2. The highest BCUT2D eigenvalue weighted by Gasteiger charge is 2.27. The molecule has 2 heteroatoms. The summed E-state index contributed by atoms with van der Waals surface area (Å²) in [7, 11) is 0. The Morgan fingerprint density at radius 3 is 1.95 bits per heavy atom. The Morgan fingerprint density at radius 2 is 1.45 bits per heavy atom. The van der Waals surface area contributed by atoms with Crippen molar-refractivity contribution in [2.75, 3.05) is 13.2 Å². The summed E-state index contributed by atoms with van der Waals surface area (Å²) in [5.41, 5.74) is -0.0393. The van der Waals surface area contributed by atoms with Crippen LogP contribution in [-0.2, 0) is 4.74 Å². The van der Waals surface area contributed by atoms with Gasteiger partial charge in [-0.2, -0.15) is 0 Å². The van der Waals surface area contributed by atoms with Gasteiger partial charge in [0.2, 0.25) is 0 Å². The Hall–Kier alpha value is -1.02. The Morgan fingerprint density at radius 1 is 0.900 bits per heavy atom. The lowest BCUT2D eigenvalue weighted by Gasteiger charge is -2.33. The number of hydrogen-bond acceptors (Lipinski definition) is 2. The van der Waals surface area contributed by atoms with Gasteiger partial charge in [-0.25, -0.2) is 0 Å². The molecule has 0 spiro atoms. The fourth-order valence-corrected chi connectivity index (χ4v) is 2.89. The third-order valence-corrected chi connectivity index (χ3v) is 3.23. The molecule has 1 aromatic carbocycles. The third-order valence-electron chi connectivity index (χ3n) is 3.23. The molecule has 0 aliphatic carbocycles. The molecule has 2 nitrogen and oxygen atoms in total. The monoisotopic (exact) mass is 278 g/mol. The van der Waals surface area contributed by atoms with E-state index in [0.29, 0.717) is 25.0 Å². The topological polar surface area (TPSA) is 18.5 Å². The minimum Gasteiger partial charge on any atom is -0.491 e. The van der Waals surface area contributed by atoms with Crippen molar-refractivity contribution in [1.29, 1.82) is 0 Å². The molecule has 0 unspecified atom stereocenters. The molecular weight excluding hydrogens is 248 g/mol. The highest BCUT2D eigenvalue weighted by molar-refractivity contribution is 5.20. The Kier molecular flexibility index (Phi) is 7.08. The maximum absolute atomic E-state index is 6.15. The van der Waals surface area contributed by atoms with E-state index >= 15 is 0 Å². The van der Waals surface area contributed by atoms with Gasteiger partial charge in [-0.3, -0.25) is 0 Å². The summed E-state index contributed by atoms with van der Waals surface area (Å²) in [4.78, 5) is 0. The second-order valence-corrected chi connectivity index (χ2v) is 6.66. The largest absolute Gasteiger partial charge is 0.491 e. The summed E-state index contributed by atoms with van der Waals surface area (Å²) in [5, 5.41) is 0. The molecule has 0 saturated carbocycles. The van der Waals surface area contributed by atoms with Crippen molar-refractivity contribution in [1.82, 2.24) is 0 Å². The van der Waals surface area contributed by atoms with Crippen LogP contribution in [0.5, 0.6) is 5.75 Å². The van der Waals surface area contributed by atoms with Crippen LogP contribution in [0.25, 0.3) is 0 Å². The molecule has 0 radical (unpaired) electrons. The summed E-state index contributed by atoms with van der Waals surface area (Å²) in [6.45, 7) is 12.5. The minimum atomic E-state index is -0.0393. The number of ether oxygens (including phenoxy) is 2. The molecule has 0 fully saturated rings. The van der Waals surface area contributed by atoms with Crippen LogP contribution < -0.4 is 4.74 Å². The van der Waals surface area contributed by atoms with Crippen LogP contribution in [0, 0.1) is 11.8 Å². The highest BCUT2D eigenvalue weighted by Crippen LogP contribution is 2.28. The van der Waals surface area contributed by atoms with Crippen LogP contribution >= 0.6 is 0 Å². The van der Waals surface area contributed by atoms with Crippen molar-refractivity contribution in [3.05, 3.63) is 30.3 Å². The van der Waals surface area contributed by atoms with E-state index < -0.39 is 0 Å². The van der Waals surface area contributed by atoms with Crippen LogP contribution in [-0.4, -0.2) is 18.8 Å². The fraction of sp³-hybridized carbons (Fsp3) is 0.667. The summed E-state index contributed by atoms with van der Waals surface area (Å²) in [6, 6.07) is 9.91. The average molecular weight is 278 g/mol. The van der Waals surface area contributed by atoms with E-state index in [1.165, 1.54) is 0 Å². The molecule has 0 amide bonds. The van der Waals surface area contributed by atoms with Crippen LogP contribution in [0.3, 0.4) is 0 Å². The first-order valence-electron chi connectivity index (χ1n) is 7.73. The van der Waals surface area contributed by atoms with Gasteiger partial charge in [-0.05, 0) is 43.7 Å². The molecule has 1 aromatic rings.